The fourth-order valence-corrected chi connectivity index (χ4v) is 2.38. The molecular weight excluding hydrogens is 315 g/mol. The smallest absolute Gasteiger partial charge is 0.366 e. The Labute approximate surface area is 129 Å². The van der Waals surface area contributed by atoms with Gasteiger partial charge >= 0.3 is 6.18 Å². The van der Waals surface area contributed by atoms with Crippen LogP contribution < -0.4 is 5.73 Å². The van der Waals surface area contributed by atoms with Crippen LogP contribution in [0, 0.1) is 6.92 Å². The van der Waals surface area contributed by atoms with E-state index in [1.807, 2.05) is 0 Å². The zero-order valence-corrected chi connectivity index (χ0v) is 12.5. The first-order chi connectivity index (χ1) is 10.2. The Morgan fingerprint density at radius 2 is 1.95 bits per heavy atom. The highest BCUT2D eigenvalue weighted by atomic mass is 32.2. The van der Waals surface area contributed by atoms with Crippen LogP contribution in [0.4, 0.5) is 13.2 Å². The molecule has 0 fully saturated rings. The van der Waals surface area contributed by atoms with Crippen LogP contribution in [0.2, 0.25) is 0 Å². The van der Waals surface area contributed by atoms with Crippen LogP contribution in [0.3, 0.4) is 0 Å². The van der Waals surface area contributed by atoms with Crippen molar-refractivity contribution in [2.75, 3.05) is 6.26 Å². The van der Waals surface area contributed by atoms with Crippen LogP contribution in [0.1, 0.15) is 21.6 Å². The van der Waals surface area contributed by atoms with Gasteiger partial charge in [-0.2, -0.15) is 13.2 Å². The first-order valence-electron chi connectivity index (χ1n) is 6.14. The van der Waals surface area contributed by atoms with E-state index in [9.17, 15) is 18.0 Å². The van der Waals surface area contributed by atoms with Crippen LogP contribution in [-0.2, 0) is 6.18 Å². The number of hydrogen-bond acceptors (Lipinski definition) is 4. The van der Waals surface area contributed by atoms with Crippen LogP contribution >= 0.6 is 11.8 Å². The van der Waals surface area contributed by atoms with Crippen LogP contribution in [0.25, 0.3) is 11.3 Å². The van der Waals surface area contributed by atoms with Gasteiger partial charge in [0.2, 0.25) is 5.91 Å². The van der Waals surface area contributed by atoms with Crippen molar-refractivity contribution in [1.82, 2.24) is 9.97 Å². The van der Waals surface area contributed by atoms with Gasteiger partial charge in [0.05, 0.1) is 5.69 Å². The summed E-state index contributed by atoms with van der Waals surface area (Å²) in [5, 5.41) is -0.0245. The van der Waals surface area contributed by atoms with Gasteiger partial charge in [-0.15, -0.1) is 0 Å². The standard InChI is InChI=1S/C14H12F3N3OS/c1-7-4-3-5-8(12(18)21)11(7)9-6-10(14(15,16)17)20-13(19-9)22-2/h3-6H,1-2H3,(H2,18,21). The van der Waals surface area contributed by atoms with E-state index in [0.29, 0.717) is 11.1 Å². The van der Waals surface area contributed by atoms with E-state index in [0.717, 1.165) is 17.8 Å². The number of nitrogens with two attached hydrogens (primary N) is 1. The van der Waals surface area contributed by atoms with Gasteiger partial charge in [0, 0.05) is 11.1 Å². The largest absolute Gasteiger partial charge is 0.433 e. The van der Waals surface area contributed by atoms with Gasteiger partial charge in [-0.25, -0.2) is 9.97 Å². The van der Waals surface area contributed by atoms with Gasteiger partial charge in [0.15, 0.2) is 5.16 Å². The molecule has 22 heavy (non-hydrogen) atoms. The third kappa shape index (κ3) is 3.22. The molecule has 116 valence electrons. The molecule has 1 aromatic carbocycles. The van der Waals surface area contributed by atoms with Gasteiger partial charge in [0.1, 0.15) is 5.69 Å². The third-order valence-corrected chi connectivity index (χ3v) is 3.52. The molecule has 0 saturated carbocycles. The zero-order valence-electron chi connectivity index (χ0n) is 11.7. The summed E-state index contributed by atoms with van der Waals surface area (Å²) >= 11 is 0.990. The number of nitrogens with zero attached hydrogens (tertiary/aromatic N) is 2. The van der Waals surface area contributed by atoms with Crippen molar-refractivity contribution in [3.8, 4) is 11.3 Å². The van der Waals surface area contributed by atoms with Crippen LogP contribution in [0.15, 0.2) is 29.4 Å². The highest BCUT2D eigenvalue weighted by Gasteiger charge is 2.34. The number of thioether (sulfide) groups is 1. The molecule has 0 spiro atoms. The number of rotatable bonds is 3. The van der Waals surface area contributed by atoms with Gasteiger partial charge in [-0.3, -0.25) is 4.79 Å². The summed E-state index contributed by atoms with van der Waals surface area (Å²) in [5.74, 6) is -0.725. The number of hydrogen-bond donors (Lipinski definition) is 1. The quantitative estimate of drug-likeness (QED) is 0.694. The average molecular weight is 327 g/mol. The molecule has 0 atom stereocenters. The molecule has 0 radical (unpaired) electrons. The van der Waals surface area contributed by atoms with Gasteiger partial charge in [-0.05, 0) is 30.9 Å². The molecule has 8 heteroatoms. The lowest BCUT2D eigenvalue weighted by Gasteiger charge is -2.13. The molecule has 0 saturated heterocycles. The monoisotopic (exact) mass is 327 g/mol. The van der Waals surface area contributed by atoms with Crippen molar-refractivity contribution in [3.05, 3.63) is 41.1 Å². The molecule has 1 heterocycles. The maximum Gasteiger partial charge on any atom is 0.433 e. The number of aromatic nitrogens is 2. The Balaban J connectivity index is 2.75. The van der Waals surface area contributed by atoms with E-state index >= 15 is 0 Å². The molecule has 2 aromatic rings. The third-order valence-electron chi connectivity index (χ3n) is 2.97. The Bertz CT molecular complexity index is 732. The maximum absolute atomic E-state index is 13.0. The van der Waals surface area contributed by atoms with E-state index in [2.05, 4.69) is 9.97 Å². The molecule has 2 rings (SSSR count). The topological polar surface area (TPSA) is 68.9 Å². The number of aryl methyl sites for hydroxylation is 1. The summed E-state index contributed by atoms with van der Waals surface area (Å²) in [6.45, 7) is 1.68. The van der Waals surface area contributed by atoms with E-state index in [1.54, 1.807) is 25.3 Å². The minimum Gasteiger partial charge on any atom is -0.366 e. The van der Waals surface area contributed by atoms with Crippen molar-refractivity contribution >= 4 is 17.7 Å². The van der Waals surface area contributed by atoms with Crippen molar-refractivity contribution in [2.45, 2.75) is 18.3 Å². The molecule has 2 N–H and O–H groups in total. The number of carbonyl (C=O) groups excluding carboxylic acids is 1. The number of alkyl halides is 3. The van der Waals surface area contributed by atoms with E-state index in [1.165, 1.54) is 6.07 Å². The Morgan fingerprint density at radius 1 is 1.27 bits per heavy atom. The lowest BCUT2D eigenvalue weighted by molar-refractivity contribution is -0.141. The first kappa shape index (κ1) is 16.3. The maximum atomic E-state index is 13.0. The lowest BCUT2D eigenvalue weighted by Crippen LogP contribution is -2.14. The Kier molecular flexibility index (Phi) is 4.41. The van der Waals surface area contributed by atoms with Crippen molar-refractivity contribution in [1.29, 1.82) is 0 Å². The fraction of sp³-hybridized carbons (Fsp3) is 0.214. The molecule has 0 aliphatic rings. The first-order valence-corrected chi connectivity index (χ1v) is 7.36. The van der Waals surface area contributed by atoms with E-state index in [-0.39, 0.29) is 16.4 Å². The SMILES string of the molecule is CSc1nc(-c2c(C)cccc2C(N)=O)cc(C(F)(F)F)n1. The highest BCUT2D eigenvalue weighted by molar-refractivity contribution is 7.98. The number of primary amides is 1. The van der Waals surface area contributed by atoms with Crippen molar-refractivity contribution in [2.24, 2.45) is 5.73 Å². The molecule has 0 bridgehead atoms. The molecule has 0 aliphatic heterocycles. The van der Waals surface area contributed by atoms with E-state index < -0.39 is 17.8 Å². The predicted molar refractivity (Wildman–Crippen MR) is 77.5 cm³/mol. The second kappa shape index (κ2) is 5.96. The van der Waals surface area contributed by atoms with Gasteiger partial charge in [-0.1, -0.05) is 23.9 Å². The molecule has 1 amide bonds. The minimum atomic E-state index is -4.60. The van der Waals surface area contributed by atoms with Crippen molar-refractivity contribution in [3.63, 3.8) is 0 Å². The summed E-state index contributed by atoms with van der Waals surface area (Å²) in [7, 11) is 0. The lowest BCUT2D eigenvalue weighted by atomic mass is 9.98. The average Bonchev–Trinajstić information content (AvgIpc) is 2.45. The zero-order chi connectivity index (χ0) is 16.5. The second-order valence-corrected chi connectivity index (χ2v) is 5.26. The predicted octanol–water partition coefficient (Wildman–Crippen LogP) is 3.29. The summed E-state index contributed by atoms with van der Waals surface area (Å²) in [6.07, 6.45) is -3.02. The molecule has 4 nitrogen and oxygen atoms in total. The number of carbonyl (C=O) groups is 1. The number of benzene rings is 1. The fourth-order valence-electron chi connectivity index (χ4n) is 2.00. The van der Waals surface area contributed by atoms with Crippen LogP contribution in [-0.4, -0.2) is 22.1 Å². The van der Waals surface area contributed by atoms with E-state index in [4.69, 9.17) is 5.73 Å². The number of halogens is 3. The molecule has 0 aliphatic carbocycles. The summed E-state index contributed by atoms with van der Waals surface area (Å²) in [4.78, 5) is 19.1. The van der Waals surface area contributed by atoms with Crippen LogP contribution in [0.5, 0.6) is 0 Å². The normalized spacial score (nSPS) is 11.5. The van der Waals surface area contributed by atoms with Gasteiger partial charge in [0.25, 0.3) is 0 Å². The summed E-state index contributed by atoms with van der Waals surface area (Å²) in [6, 6.07) is 5.57. The highest BCUT2D eigenvalue weighted by Crippen LogP contribution is 2.33. The number of amides is 1. The molecule has 1 aromatic heterocycles. The van der Waals surface area contributed by atoms with Gasteiger partial charge < -0.3 is 5.73 Å². The molecular formula is C14H12F3N3OS. The molecule has 0 unspecified atom stereocenters. The van der Waals surface area contributed by atoms with Crippen molar-refractivity contribution < 1.29 is 18.0 Å². The second-order valence-electron chi connectivity index (χ2n) is 4.48. The summed E-state index contributed by atoms with van der Waals surface area (Å²) < 4.78 is 38.9. The Morgan fingerprint density at radius 3 is 2.50 bits per heavy atom. The Hall–Kier alpha value is -2.09. The summed E-state index contributed by atoms with van der Waals surface area (Å²) in [5.41, 5.74) is 5.30. The minimum absolute atomic E-state index is 0.0245.